The first kappa shape index (κ1) is 20.6. The highest BCUT2D eigenvalue weighted by molar-refractivity contribution is 7.89. The normalized spacial score (nSPS) is 11.9. The molecule has 2 N–H and O–H groups in total. The first-order chi connectivity index (χ1) is 12.5. The van der Waals surface area contributed by atoms with Gasteiger partial charge in [0.05, 0.1) is 10.5 Å². The Kier molecular flexibility index (Phi) is 6.01. The Bertz CT molecular complexity index is 955. The van der Waals surface area contributed by atoms with Gasteiger partial charge in [-0.3, -0.25) is 4.79 Å². The van der Waals surface area contributed by atoms with E-state index in [9.17, 15) is 30.8 Å². The zero-order chi connectivity index (χ0) is 20.2. The van der Waals surface area contributed by atoms with Gasteiger partial charge < -0.3 is 5.32 Å². The van der Waals surface area contributed by atoms with E-state index in [1.807, 2.05) is 0 Å². The van der Waals surface area contributed by atoms with Crippen LogP contribution in [0, 0.1) is 5.82 Å². The number of amides is 1. The van der Waals surface area contributed by atoms with Crippen molar-refractivity contribution in [1.29, 1.82) is 0 Å². The van der Waals surface area contributed by atoms with Crippen LogP contribution in [-0.4, -0.2) is 20.9 Å². The molecule has 144 valence electrons. The molecule has 2 aromatic rings. The second kappa shape index (κ2) is 7.89. The van der Waals surface area contributed by atoms with Crippen LogP contribution >= 0.6 is 0 Å². The average Bonchev–Trinajstić information content (AvgIpc) is 2.60. The van der Waals surface area contributed by atoms with E-state index in [2.05, 4.69) is 16.6 Å². The Morgan fingerprint density at radius 3 is 2.30 bits per heavy atom. The third-order valence-electron chi connectivity index (χ3n) is 3.37. The van der Waals surface area contributed by atoms with E-state index in [4.69, 9.17) is 0 Å². The minimum atomic E-state index is -4.90. The van der Waals surface area contributed by atoms with E-state index in [1.54, 1.807) is 0 Å². The van der Waals surface area contributed by atoms with Crippen LogP contribution in [0.3, 0.4) is 0 Å². The van der Waals surface area contributed by atoms with Gasteiger partial charge in [-0.05, 0) is 42.5 Å². The lowest BCUT2D eigenvalue weighted by molar-refractivity contribution is -0.139. The number of carbonyl (C=O) groups excluding carboxylic acids is 1. The van der Waals surface area contributed by atoms with Crippen LogP contribution in [0.2, 0.25) is 0 Å². The molecule has 0 heterocycles. The number of hydrogen-bond acceptors (Lipinski definition) is 3. The molecule has 0 fully saturated rings. The Morgan fingerprint density at radius 1 is 1.11 bits per heavy atom. The van der Waals surface area contributed by atoms with Crippen molar-refractivity contribution < 1.29 is 30.8 Å². The summed E-state index contributed by atoms with van der Waals surface area (Å²) in [7, 11) is -3.77. The molecule has 5 nitrogen and oxygen atoms in total. The molecule has 1 amide bonds. The minimum Gasteiger partial charge on any atom is -0.322 e. The summed E-state index contributed by atoms with van der Waals surface area (Å²) in [5, 5.41) is 2.21. The molecule has 0 atom stereocenters. The summed E-state index contributed by atoms with van der Waals surface area (Å²) in [6, 6.07) is 6.81. The molecule has 27 heavy (non-hydrogen) atoms. The first-order valence-electron chi connectivity index (χ1n) is 7.43. The molecule has 0 bridgehead atoms. The van der Waals surface area contributed by atoms with Gasteiger partial charge in [0.25, 0.3) is 5.91 Å². The van der Waals surface area contributed by atoms with E-state index in [0.29, 0.717) is 12.1 Å². The lowest BCUT2D eigenvalue weighted by Gasteiger charge is -2.11. The number of benzene rings is 2. The molecule has 0 radical (unpaired) electrons. The monoisotopic (exact) mass is 402 g/mol. The van der Waals surface area contributed by atoms with E-state index in [0.717, 1.165) is 6.07 Å². The molecule has 0 aliphatic rings. The Hall–Kier alpha value is -2.72. The lowest BCUT2D eigenvalue weighted by Crippen LogP contribution is -2.23. The van der Waals surface area contributed by atoms with Gasteiger partial charge in [0.1, 0.15) is 5.82 Å². The maximum absolute atomic E-state index is 13.3. The Balaban J connectivity index is 2.19. The average molecular weight is 402 g/mol. The summed E-state index contributed by atoms with van der Waals surface area (Å²) in [6.07, 6.45) is -3.55. The van der Waals surface area contributed by atoms with Crippen LogP contribution in [0.1, 0.15) is 15.9 Å². The standard InChI is InChI=1S/C17H14F4N2O3S/c1-2-9-22-27(25,26)13-6-3-11(4-7-13)16(24)23-12-5-8-15(18)14(10-12)17(19,20)21/h2-8,10,22H,1,9H2,(H,23,24). The molecule has 0 saturated heterocycles. The molecule has 0 aliphatic heterocycles. The third-order valence-corrected chi connectivity index (χ3v) is 4.81. The summed E-state index contributed by atoms with van der Waals surface area (Å²) >= 11 is 0. The van der Waals surface area contributed by atoms with Gasteiger partial charge in [-0.25, -0.2) is 17.5 Å². The van der Waals surface area contributed by atoms with Crippen molar-refractivity contribution >= 4 is 21.6 Å². The smallest absolute Gasteiger partial charge is 0.322 e. The fourth-order valence-corrected chi connectivity index (χ4v) is 3.06. The highest BCUT2D eigenvalue weighted by Gasteiger charge is 2.34. The number of sulfonamides is 1. The van der Waals surface area contributed by atoms with Crippen LogP contribution in [-0.2, 0) is 16.2 Å². The van der Waals surface area contributed by atoms with Crippen molar-refractivity contribution in [2.75, 3.05) is 11.9 Å². The number of hydrogen-bond donors (Lipinski definition) is 2. The lowest BCUT2D eigenvalue weighted by atomic mass is 10.1. The minimum absolute atomic E-state index is 0.00977. The second-order valence-electron chi connectivity index (χ2n) is 5.31. The Labute approximate surface area is 152 Å². The topological polar surface area (TPSA) is 75.3 Å². The van der Waals surface area contributed by atoms with Crippen molar-refractivity contribution in [1.82, 2.24) is 4.72 Å². The van der Waals surface area contributed by atoms with Gasteiger partial charge in [0.15, 0.2) is 0 Å². The van der Waals surface area contributed by atoms with E-state index in [1.165, 1.54) is 30.3 Å². The summed E-state index contributed by atoms with van der Waals surface area (Å²) in [5.41, 5.74) is -1.75. The summed E-state index contributed by atoms with van der Waals surface area (Å²) in [4.78, 5) is 12.0. The summed E-state index contributed by atoms with van der Waals surface area (Å²) < 4.78 is 77.5. The first-order valence-corrected chi connectivity index (χ1v) is 8.91. The molecule has 0 aromatic heterocycles. The quantitative estimate of drug-likeness (QED) is 0.573. The Morgan fingerprint density at radius 2 is 1.74 bits per heavy atom. The zero-order valence-electron chi connectivity index (χ0n) is 13.7. The molecule has 0 unspecified atom stereocenters. The van der Waals surface area contributed by atoms with Crippen molar-refractivity contribution in [3.05, 3.63) is 72.1 Å². The molecule has 0 saturated carbocycles. The summed E-state index contributed by atoms with van der Waals surface area (Å²) in [5.74, 6) is -2.24. The van der Waals surface area contributed by atoms with Gasteiger partial charge in [-0.1, -0.05) is 6.08 Å². The molecule has 0 spiro atoms. The van der Waals surface area contributed by atoms with Crippen LogP contribution in [0.4, 0.5) is 23.2 Å². The van der Waals surface area contributed by atoms with Crippen LogP contribution in [0.15, 0.2) is 60.0 Å². The summed E-state index contributed by atoms with van der Waals surface area (Å²) in [6.45, 7) is 3.41. The van der Waals surface area contributed by atoms with Crippen LogP contribution < -0.4 is 10.0 Å². The van der Waals surface area contributed by atoms with E-state index in [-0.39, 0.29) is 22.7 Å². The highest BCUT2D eigenvalue weighted by atomic mass is 32.2. The fraction of sp³-hybridized carbons (Fsp3) is 0.118. The number of halogens is 4. The van der Waals surface area contributed by atoms with Gasteiger partial charge in [0, 0.05) is 17.8 Å². The fourth-order valence-electron chi connectivity index (χ4n) is 2.06. The van der Waals surface area contributed by atoms with Crippen molar-refractivity contribution in [3.63, 3.8) is 0 Å². The van der Waals surface area contributed by atoms with Gasteiger partial charge in [-0.15, -0.1) is 6.58 Å². The highest BCUT2D eigenvalue weighted by Crippen LogP contribution is 2.33. The largest absolute Gasteiger partial charge is 0.419 e. The maximum Gasteiger partial charge on any atom is 0.419 e. The number of alkyl halides is 3. The molecular formula is C17H14F4N2O3S. The zero-order valence-corrected chi connectivity index (χ0v) is 14.5. The van der Waals surface area contributed by atoms with Crippen LogP contribution in [0.25, 0.3) is 0 Å². The van der Waals surface area contributed by atoms with Crippen LogP contribution in [0.5, 0.6) is 0 Å². The van der Waals surface area contributed by atoms with Crippen molar-refractivity contribution in [3.8, 4) is 0 Å². The molecule has 0 aliphatic carbocycles. The van der Waals surface area contributed by atoms with Gasteiger partial charge >= 0.3 is 6.18 Å². The van der Waals surface area contributed by atoms with E-state index >= 15 is 0 Å². The number of rotatable bonds is 6. The van der Waals surface area contributed by atoms with Gasteiger partial charge in [-0.2, -0.15) is 13.2 Å². The second-order valence-corrected chi connectivity index (χ2v) is 7.08. The van der Waals surface area contributed by atoms with Gasteiger partial charge in [0.2, 0.25) is 10.0 Å². The molecule has 10 heteroatoms. The third kappa shape index (κ3) is 5.14. The SMILES string of the molecule is C=CCNS(=O)(=O)c1ccc(C(=O)Nc2ccc(F)c(C(F)(F)F)c2)cc1. The van der Waals surface area contributed by atoms with E-state index < -0.39 is 33.5 Å². The molecule has 2 aromatic carbocycles. The molecular weight excluding hydrogens is 388 g/mol. The number of carbonyl (C=O) groups is 1. The van der Waals surface area contributed by atoms with Crippen molar-refractivity contribution in [2.45, 2.75) is 11.1 Å². The maximum atomic E-state index is 13.3. The predicted molar refractivity (Wildman–Crippen MR) is 91.2 cm³/mol. The molecule has 2 rings (SSSR count). The predicted octanol–water partition coefficient (Wildman–Crippen LogP) is 3.56. The number of nitrogens with one attached hydrogen (secondary N) is 2. The van der Waals surface area contributed by atoms with Crippen molar-refractivity contribution in [2.24, 2.45) is 0 Å². The number of anilines is 1.